The van der Waals surface area contributed by atoms with E-state index in [2.05, 4.69) is 5.32 Å². The highest BCUT2D eigenvalue weighted by molar-refractivity contribution is 7.54. The number of hydrogen-bond donors (Lipinski definition) is 1. The molecule has 0 spiro atoms. The van der Waals surface area contributed by atoms with Crippen molar-refractivity contribution in [2.45, 2.75) is 12.2 Å². The number of nitrogens with one attached hydrogen (secondary N) is 1. The minimum Gasteiger partial charge on any atom is -0.338 e. The molecule has 26 heavy (non-hydrogen) atoms. The van der Waals surface area contributed by atoms with Gasteiger partial charge in [-0.2, -0.15) is 0 Å². The summed E-state index contributed by atoms with van der Waals surface area (Å²) in [5.41, 5.74) is 0.989. The summed E-state index contributed by atoms with van der Waals surface area (Å²) in [7, 11) is -1.15. The lowest BCUT2D eigenvalue weighted by Crippen LogP contribution is -2.37. The van der Waals surface area contributed by atoms with Gasteiger partial charge in [0.25, 0.3) is 11.6 Å². The number of hydrogen-bond acceptors (Lipinski definition) is 6. The summed E-state index contributed by atoms with van der Waals surface area (Å²) >= 11 is 0. The Morgan fingerprint density at radius 2 is 1.69 bits per heavy atom. The number of nitro groups is 1. The SMILES string of the molecule is COP(=O)(OC)C(Cc1ccc([N+](=O)[O-])cc1)NC(=O)c1ccccc1. The van der Waals surface area contributed by atoms with Crippen LogP contribution < -0.4 is 5.32 Å². The van der Waals surface area contributed by atoms with Crippen molar-refractivity contribution in [2.75, 3.05) is 14.2 Å². The Kier molecular flexibility index (Phi) is 6.63. The van der Waals surface area contributed by atoms with Gasteiger partial charge in [0, 0.05) is 38.3 Å². The Balaban J connectivity index is 2.25. The average molecular weight is 378 g/mol. The number of carbonyl (C=O) groups excluding carboxylic acids is 1. The molecule has 0 radical (unpaired) electrons. The molecule has 138 valence electrons. The first kappa shape index (κ1) is 19.8. The van der Waals surface area contributed by atoms with Gasteiger partial charge >= 0.3 is 7.60 Å². The lowest BCUT2D eigenvalue weighted by atomic mass is 10.1. The van der Waals surface area contributed by atoms with Crippen molar-refractivity contribution in [3.05, 3.63) is 75.8 Å². The third-order valence-corrected chi connectivity index (χ3v) is 5.89. The minimum absolute atomic E-state index is 0.0553. The maximum atomic E-state index is 12.8. The van der Waals surface area contributed by atoms with E-state index in [-0.39, 0.29) is 12.1 Å². The van der Waals surface area contributed by atoms with Crippen LogP contribution in [0, 0.1) is 10.1 Å². The summed E-state index contributed by atoms with van der Waals surface area (Å²) in [6.45, 7) is 0. The smallest absolute Gasteiger partial charge is 0.338 e. The summed E-state index contributed by atoms with van der Waals surface area (Å²) in [4.78, 5) is 22.7. The normalized spacial score (nSPS) is 12.4. The lowest BCUT2D eigenvalue weighted by Gasteiger charge is -2.25. The molecule has 9 heteroatoms. The predicted molar refractivity (Wildman–Crippen MR) is 96.1 cm³/mol. The van der Waals surface area contributed by atoms with Gasteiger partial charge in [-0.25, -0.2) is 0 Å². The van der Waals surface area contributed by atoms with Gasteiger partial charge in [-0.1, -0.05) is 30.3 Å². The van der Waals surface area contributed by atoms with Gasteiger partial charge in [-0.15, -0.1) is 0 Å². The first-order chi connectivity index (χ1) is 12.4. The van der Waals surface area contributed by atoms with Crippen LogP contribution >= 0.6 is 7.60 Å². The molecule has 2 rings (SSSR count). The van der Waals surface area contributed by atoms with Crippen molar-refractivity contribution < 1.29 is 23.3 Å². The zero-order valence-corrected chi connectivity index (χ0v) is 15.2. The van der Waals surface area contributed by atoms with Crippen LogP contribution in [0.25, 0.3) is 0 Å². The molecule has 1 atom stereocenters. The first-order valence-corrected chi connectivity index (χ1v) is 9.31. The van der Waals surface area contributed by atoms with Crippen molar-refractivity contribution in [1.29, 1.82) is 0 Å². The van der Waals surface area contributed by atoms with Crippen molar-refractivity contribution in [3.63, 3.8) is 0 Å². The monoisotopic (exact) mass is 378 g/mol. The number of rotatable bonds is 8. The van der Waals surface area contributed by atoms with Crippen LogP contribution in [0.4, 0.5) is 5.69 Å². The third kappa shape index (κ3) is 4.76. The molecule has 2 aromatic carbocycles. The standard InChI is InChI=1S/C17H19N2O6P/c1-24-26(23,25-2)16(18-17(20)14-6-4-3-5-7-14)12-13-8-10-15(11-9-13)19(21)22/h3-11,16H,12H2,1-2H3,(H,18,20). The summed E-state index contributed by atoms with van der Waals surface area (Å²) in [5, 5.41) is 13.4. The van der Waals surface area contributed by atoms with Gasteiger partial charge in [0.2, 0.25) is 0 Å². The molecule has 0 aliphatic heterocycles. The van der Waals surface area contributed by atoms with E-state index in [1.54, 1.807) is 30.3 Å². The van der Waals surface area contributed by atoms with E-state index >= 15 is 0 Å². The van der Waals surface area contributed by atoms with Gasteiger partial charge in [0.15, 0.2) is 0 Å². The highest BCUT2D eigenvalue weighted by Crippen LogP contribution is 2.51. The average Bonchev–Trinajstić information content (AvgIpc) is 2.67. The van der Waals surface area contributed by atoms with Gasteiger partial charge in [-0.3, -0.25) is 19.5 Å². The van der Waals surface area contributed by atoms with E-state index in [0.29, 0.717) is 11.1 Å². The van der Waals surface area contributed by atoms with Crippen LogP contribution in [0.15, 0.2) is 54.6 Å². The first-order valence-electron chi connectivity index (χ1n) is 7.70. The second-order valence-corrected chi connectivity index (χ2v) is 7.82. The number of carbonyl (C=O) groups is 1. The molecular formula is C17H19N2O6P. The molecule has 0 heterocycles. The van der Waals surface area contributed by atoms with Crippen LogP contribution in [0.2, 0.25) is 0 Å². The fourth-order valence-corrected chi connectivity index (χ4v) is 3.74. The van der Waals surface area contributed by atoms with Crippen LogP contribution in [0.3, 0.4) is 0 Å². The molecule has 2 aromatic rings. The number of nitrogens with zero attached hydrogens (tertiary/aromatic N) is 1. The molecule has 0 saturated carbocycles. The summed E-state index contributed by atoms with van der Waals surface area (Å²) < 4.78 is 22.9. The van der Waals surface area contributed by atoms with E-state index in [0.717, 1.165) is 0 Å². The third-order valence-electron chi connectivity index (χ3n) is 3.80. The summed E-state index contributed by atoms with van der Waals surface area (Å²) in [6, 6.07) is 14.2. The van der Waals surface area contributed by atoms with E-state index in [1.165, 1.54) is 38.5 Å². The highest BCUT2D eigenvalue weighted by Gasteiger charge is 2.35. The van der Waals surface area contributed by atoms with E-state index in [4.69, 9.17) is 9.05 Å². The number of benzene rings is 2. The van der Waals surface area contributed by atoms with Crippen LogP contribution in [-0.4, -0.2) is 30.8 Å². The largest absolute Gasteiger partial charge is 0.352 e. The van der Waals surface area contributed by atoms with Gasteiger partial charge in [0.1, 0.15) is 5.78 Å². The molecule has 0 aliphatic rings. The molecule has 0 aliphatic carbocycles. The molecule has 1 N–H and O–H groups in total. The Bertz CT molecular complexity index is 802. The Morgan fingerprint density at radius 3 is 2.19 bits per heavy atom. The Morgan fingerprint density at radius 1 is 1.12 bits per heavy atom. The number of amides is 1. The quantitative estimate of drug-likeness (QED) is 0.429. The van der Waals surface area contributed by atoms with Crippen molar-refractivity contribution in [1.82, 2.24) is 5.32 Å². The summed E-state index contributed by atoms with van der Waals surface area (Å²) in [5.74, 6) is -1.38. The molecule has 0 bridgehead atoms. The lowest BCUT2D eigenvalue weighted by molar-refractivity contribution is -0.384. The zero-order chi connectivity index (χ0) is 19.2. The van der Waals surface area contributed by atoms with E-state index < -0.39 is 24.2 Å². The molecular weight excluding hydrogens is 359 g/mol. The van der Waals surface area contributed by atoms with E-state index in [9.17, 15) is 19.5 Å². The van der Waals surface area contributed by atoms with Gasteiger partial charge in [-0.05, 0) is 17.7 Å². The second-order valence-electron chi connectivity index (χ2n) is 5.39. The fraction of sp³-hybridized carbons (Fsp3) is 0.235. The van der Waals surface area contributed by atoms with Crippen LogP contribution in [-0.2, 0) is 20.0 Å². The molecule has 0 saturated heterocycles. The molecule has 8 nitrogen and oxygen atoms in total. The molecule has 0 fully saturated rings. The predicted octanol–water partition coefficient (Wildman–Crippen LogP) is 3.38. The van der Waals surface area contributed by atoms with Crippen LogP contribution in [0.5, 0.6) is 0 Å². The highest BCUT2D eigenvalue weighted by atomic mass is 31.2. The van der Waals surface area contributed by atoms with E-state index in [1.807, 2.05) is 0 Å². The minimum atomic E-state index is -3.63. The van der Waals surface area contributed by atoms with Crippen molar-refractivity contribution >= 4 is 19.2 Å². The summed E-state index contributed by atoms with van der Waals surface area (Å²) in [6.07, 6.45) is 0.121. The zero-order valence-electron chi connectivity index (χ0n) is 14.3. The number of nitro benzene ring substituents is 1. The maximum absolute atomic E-state index is 12.8. The number of non-ortho nitro benzene ring substituents is 1. The molecule has 1 unspecified atom stereocenters. The molecule has 1 amide bonds. The van der Waals surface area contributed by atoms with Gasteiger partial charge in [0.05, 0.1) is 4.92 Å². The van der Waals surface area contributed by atoms with Crippen LogP contribution in [0.1, 0.15) is 15.9 Å². The molecule has 0 aromatic heterocycles. The topological polar surface area (TPSA) is 108 Å². The van der Waals surface area contributed by atoms with Crippen molar-refractivity contribution in [2.24, 2.45) is 0 Å². The van der Waals surface area contributed by atoms with Gasteiger partial charge < -0.3 is 14.4 Å². The maximum Gasteiger partial charge on any atom is 0.352 e. The van der Waals surface area contributed by atoms with Crippen molar-refractivity contribution in [3.8, 4) is 0 Å². The Labute approximate surface area is 150 Å². The fourth-order valence-electron chi connectivity index (χ4n) is 2.37. The Hall–Kier alpha value is -2.54. The second kappa shape index (κ2) is 8.71.